The fourth-order valence-corrected chi connectivity index (χ4v) is 3.30. The average molecular weight is 367 g/mol. The van der Waals surface area contributed by atoms with Crippen LogP contribution in [0.1, 0.15) is 12.0 Å². The predicted octanol–water partition coefficient (Wildman–Crippen LogP) is 2.27. The molecule has 0 aromatic heterocycles. The number of anilines is 1. The number of benzene rings is 2. The Morgan fingerprint density at radius 2 is 1.89 bits per heavy atom. The van der Waals surface area contributed by atoms with Gasteiger partial charge in [0.15, 0.2) is 11.5 Å². The van der Waals surface area contributed by atoms with Crippen molar-refractivity contribution >= 4 is 17.6 Å². The van der Waals surface area contributed by atoms with Crippen molar-refractivity contribution in [3.63, 3.8) is 0 Å². The van der Waals surface area contributed by atoms with E-state index in [0.717, 1.165) is 11.3 Å². The first-order valence-corrected chi connectivity index (χ1v) is 8.94. The molecule has 4 rings (SSSR count). The number of carbonyl (C=O) groups excluding carboxylic acids is 2. The number of carbonyl (C=O) groups is 2. The minimum absolute atomic E-state index is 0.0466. The molecule has 1 atom stereocenters. The van der Waals surface area contributed by atoms with Crippen LogP contribution in [0.5, 0.6) is 11.5 Å². The molecule has 140 valence electrons. The molecule has 1 fully saturated rings. The van der Waals surface area contributed by atoms with E-state index < -0.39 is 0 Å². The molecule has 2 aromatic carbocycles. The van der Waals surface area contributed by atoms with Gasteiger partial charge in [0.25, 0.3) is 0 Å². The van der Waals surface area contributed by atoms with Crippen molar-refractivity contribution < 1.29 is 19.1 Å². The number of nitrogens with zero attached hydrogens (tertiary/aromatic N) is 1. The topological polar surface area (TPSA) is 79.9 Å². The lowest BCUT2D eigenvalue weighted by atomic mass is 10.1. The lowest BCUT2D eigenvalue weighted by molar-refractivity contribution is -0.117. The summed E-state index contributed by atoms with van der Waals surface area (Å²) in [7, 11) is 0. The Kier molecular flexibility index (Phi) is 4.82. The maximum atomic E-state index is 12.4. The summed E-state index contributed by atoms with van der Waals surface area (Å²) < 4.78 is 10.7. The predicted molar refractivity (Wildman–Crippen MR) is 99.7 cm³/mol. The molecular formula is C20H21N3O4. The summed E-state index contributed by atoms with van der Waals surface area (Å²) >= 11 is 0. The molecule has 1 saturated heterocycles. The van der Waals surface area contributed by atoms with Crippen LogP contribution in [0.15, 0.2) is 48.5 Å². The SMILES string of the molecule is O=C(NCc1ccccc1)NC[C@H]1CC(=O)N(c2ccc3c(c2)OCO3)C1. The summed E-state index contributed by atoms with van der Waals surface area (Å²) in [5.74, 6) is 1.47. The highest BCUT2D eigenvalue weighted by atomic mass is 16.7. The summed E-state index contributed by atoms with van der Waals surface area (Å²) in [6.07, 6.45) is 0.410. The molecule has 2 heterocycles. The molecule has 2 N–H and O–H groups in total. The number of hydrogen-bond acceptors (Lipinski definition) is 4. The van der Waals surface area contributed by atoms with Crippen LogP contribution in [0.25, 0.3) is 0 Å². The van der Waals surface area contributed by atoms with Gasteiger partial charge in [-0.2, -0.15) is 0 Å². The van der Waals surface area contributed by atoms with E-state index in [2.05, 4.69) is 10.6 Å². The Bertz CT molecular complexity index is 840. The quantitative estimate of drug-likeness (QED) is 0.850. The Hall–Kier alpha value is -3.22. The third-order valence-corrected chi connectivity index (χ3v) is 4.72. The number of nitrogens with one attached hydrogen (secondary N) is 2. The summed E-state index contributed by atoms with van der Waals surface area (Å²) in [5, 5.41) is 5.68. The number of ether oxygens (including phenoxy) is 2. The number of urea groups is 1. The molecule has 3 amide bonds. The van der Waals surface area contributed by atoms with Crippen molar-refractivity contribution in [2.75, 3.05) is 24.8 Å². The first kappa shape index (κ1) is 17.2. The molecule has 2 aromatic rings. The molecule has 2 aliphatic heterocycles. The van der Waals surface area contributed by atoms with Gasteiger partial charge >= 0.3 is 6.03 Å². The van der Waals surface area contributed by atoms with E-state index in [-0.39, 0.29) is 24.6 Å². The fraction of sp³-hybridized carbons (Fsp3) is 0.300. The zero-order valence-electron chi connectivity index (χ0n) is 14.8. The molecule has 2 aliphatic rings. The van der Waals surface area contributed by atoms with E-state index in [0.29, 0.717) is 37.6 Å². The second kappa shape index (κ2) is 7.57. The second-order valence-electron chi connectivity index (χ2n) is 6.66. The van der Waals surface area contributed by atoms with Crippen molar-refractivity contribution in [1.29, 1.82) is 0 Å². The van der Waals surface area contributed by atoms with Gasteiger partial charge in [-0.1, -0.05) is 30.3 Å². The maximum Gasteiger partial charge on any atom is 0.315 e. The first-order chi connectivity index (χ1) is 13.2. The van der Waals surface area contributed by atoms with Crippen LogP contribution in [-0.4, -0.2) is 31.8 Å². The zero-order valence-corrected chi connectivity index (χ0v) is 14.8. The minimum atomic E-state index is -0.229. The summed E-state index contributed by atoms with van der Waals surface area (Å²) in [6, 6.07) is 15.0. The van der Waals surface area contributed by atoms with Gasteiger partial charge in [-0.3, -0.25) is 4.79 Å². The molecule has 0 aliphatic carbocycles. The van der Waals surface area contributed by atoms with Crippen LogP contribution in [0, 0.1) is 5.92 Å². The Morgan fingerprint density at radius 1 is 1.07 bits per heavy atom. The van der Waals surface area contributed by atoms with Crippen LogP contribution in [-0.2, 0) is 11.3 Å². The molecule has 7 nitrogen and oxygen atoms in total. The normalized spacial score (nSPS) is 17.9. The third-order valence-electron chi connectivity index (χ3n) is 4.72. The van der Waals surface area contributed by atoms with Gasteiger partial charge in [-0.05, 0) is 17.7 Å². The van der Waals surface area contributed by atoms with E-state index in [4.69, 9.17) is 9.47 Å². The third kappa shape index (κ3) is 3.97. The van der Waals surface area contributed by atoms with Gasteiger partial charge in [0.2, 0.25) is 12.7 Å². The van der Waals surface area contributed by atoms with E-state index >= 15 is 0 Å². The van der Waals surface area contributed by atoms with Gasteiger partial charge in [0.1, 0.15) is 0 Å². The van der Waals surface area contributed by atoms with Crippen molar-refractivity contribution in [3.05, 3.63) is 54.1 Å². The molecule has 0 spiro atoms. The molecule has 27 heavy (non-hydrogen) atoms. The minimum Gasteiger partial charge on any atom is -0.454 e. The molecule has 0 bridgehead atoms. The maximum absolute atomic E-state index is 12.4. The van der Waals surface area contributed by atoms with Crippen LogP contribution in [0.3, 0.4) is 0 Å². The standard InChI is InChI=1S/C20H21N3O4/c24-19-8-15(11-22-20(25)21-10-14-4-2-1-3-5-14)12-23(19)16-6-7-17-18(9-16)27-13-26-17/h1-7,9,15H,8,10-13H2,(H2,21,22,25)/t15-/m1/s1. The number of hydrogen-bond donors (Lipinski definition) is 2. The van der Waals surface area contributed by atoms with Gasteiger partial charge in [0.05, 0.1) is 0 Å². The summed E-state index contributed by atoms with van der Waals surface area (Å²) in [6.45, 7) is 1.70. The van der Waals surface area contributed by atoms with E-state index in [1.165, 1.54) is 0 Å². The Labute approximate surface area is 157 Å². The van der Waals surface area contributed by atoms with Crippen molar-refractivity contribution in [2.24, 2.45) is 5.92 Å². The number of fused-ring (bicyclic) bond motifs is 1. The largest absolute Gasteiger partial charge is 0.454 e. The van der Waals surface area contributed by atoms with Gasteiger partial charge in [-0.15, -0.1) is 0 Å². The molecule has 0 radical (unpaired) electrons. The van der Waals surface area contributed by atoms with Gasteiger partial charge in [-0.25, -0.2) is 4.79 Å². The van der Waals surface area contributed by atoms with Gasteiger partial charge in [0, 0.05) is 43.7 Å². The zero-order chi connectivity index (χ0) is 18.6. The monoisotopic (exact) mass is 367 g/mol. The summed E-state index contributed by atoms with van der Waals surface area (Å²) in [4.78, 5) is 26.1. The van der Waals surface area contributed by atoms with Crippen molar-refractivity contribution in [1.82, 2.24) is 10.6 Å². The highest BCUT2D eigenvalue weighted by molar-refractivity contribution is 5.96. The van der Waals surface area contributed by atoms with Crippen molar-refractivity contribution in [3.8, 4) is 11.5 Å². The molecule has 0 saturated carbocycles. The van der Waals surface area contributed by atoms with E-state index in [1.807, 2.05) is 48.5 Å². The molecular weight excluding hydrogens is 346 g/mol. The second-order valence-corrected chi connectivity index (χ2v) is 6.66. The van der Waals surface area contributed by atoms with Crippen LogP contribution < -0.4 is 25.0 Å². The smallest absolute Gasteiger partial charge is 0.315 e. The first-order valence-electron chi connectivity index (χ1n) is 8.94. The van der Waals surface area contributed by atoms with E-state index in [1.54, 1.807) is 4.90 Å². The van der Waals surface area contributed by atoms with Crippen LogP contribution in [0.4, 0.5) is 10.5 Å². The Balaban J connectivity index is 1.27. The van der Waals surface area contributed by atoms with Crippen LogP contribution >= 0.6 is 0 Å². The fourth-order valence-electron chi connectivity index (χ4n) is 3.30. The lowest BCUT2D eigenvalue weighted by Gasteiger charge is -2.17. The van der Waals surface area contributed by atoms with Crippen LogP contribution in [0.2, 0.25) is 0 Å². The average Bonchev–Trinajstić information content (AvgIpc) is 3.31. The summed E-state index contributed by atoms with van der Waals surface area (Å²) in [5.41, 5.74) is 1.83. The highest BCUT2D eigenvalue weighted by Gasteiger charge is 2.31. The number of rotatable bonds is 5. The van der Waals surface area contributed by atoms with E-state index in [9.17, 15) is 9.59 Å². The highest BCUT2D eigenvalue weighted by Crippen LogP contribution is 2.37. The van der Waals surface area contributed by atoms with Gasteiger partial charge < -0.3 is 25.0 Å². The molecule has 0 unspecified atom stereocenters. The molecule has 7 heteroatoms. The van der Waals surface area contributed by atoms with Crippen molar-refractivity contribution in [2.45, 2.75) is 13.0 Å². The number of amides is 3. The lowest BCUT2D eigenvalue weighted by Crippen LogP contribution is -2.38. The Morgan fingerprint density at radius 3 is 2.74 bits per heavy atom.